The van der Waals surface area contributed by atoms with Crippen molar-refractivity contribution in [2.24, 2.45) is 0 Å². The molecule has 3 heterocycles. The SMILES string of the molecule is O=C(O)C1CCCc2nnc(CC3CCCS3(=O)=O)n21. The molecule has 0 spiro atoms. The molecule has 110 valence electrons. The van der Waals surface area contributed by atoms with Crippen molar-refractivity contribution in [1.29, 1.82) is 0 Å². The summed E-state index contributed by atoms with van der Waals surface area (Å²) in [4.78, 5) is 11.3. The van der Waals surface area contributed by atoms with Crippen molar-refractivity contribution in [3.63, 3.8) is 0 Å². The maximum absolute atomic E-state index is 11.9. The van der Waals surface area contributed by atoms with Crippen LogP contribution < -0.4 is 0 Å². The fourth-order valence-electron chi connectivity index (χ4n) is 3.14. The first-order valence-corrected chi connectivity index (χ1v) is 8.57. The Morgan fingerprint density at radius 1 is 1.30 bits per heavy atom. The van der Waals surface area contributed by atoms with Crippen LogP contribution in [0, 0.1) is 0 Å². The number of hydrogen-bond acceptors (Lipinski definition) is 5. The van der Waals surface area contributed by atoms with Crippen molar-refractivity contribution in [1.82, 2.24) is 14.8 Å². The van der Waals surface area contributed by atoms with Gasteiger partial charge in [0.15, 0.2) is 9.84 Å². The first kappa shape index (κ1) is 13.5. The minimum Gasteiger partial charge on any atom is -0.480 e. The number of aromatic nitrogens is 3. The molecule has 1 fully saturated rings. The lowest BCUT2D eigenvalue weighted by molar-refractivity contribution is -0.141. The average molecular weight is 299 g/mol. The van der Waals surface area contributed by atoms with Crippen LogP contribution in [0.2, 0.25) is 0 Å². The quantitative estimate of drug-likeness (QED) is 0.864. The van der Waals surface area contributed by atoms with E-state index in [0.29, 0.717) is 37.3 Å². The van der Waals surface area contributed by atoms with Crippen molar-refractivity contribution in [2.75, 3.05) is 5.75 Å². The standard InChI is InChI=1S/C12H17N3O4S/c16-12(17)9-4-1-5-10-13-14-11(15(9)10)7-8-3-2-6-20(8,18)19/h8-9H,1-7H2,(H,16,17). The minimum atomic E-state index is -3.06. The number of nitrogens with zero attached hydrogens (tertiary/aromatic N) is 3. The van der Waals surface area contributed by atoms with Gasteiger partial charge in [-0.05, 0) is 25.7 Å². The van der Waals surface area contributed by atoms with E-state index in [1.807, 2.05) is 0 Å². The van der Waals surface area contributed by atoms with Crippen molar-refractivity contribution in [3.8, 4) is 0 Å². The van der Waals surface area contributed by atoms with Crippen LogP contribution in [0.25, 0.3) is 0 Å². The molecule has 0 aromatic carbocycles. The van der Waals surface area contributed by atoms with Gasteiger partial charge in [-0.15, -0.1) is 10.2 Å². The zero-order valence-electron chi connectivity index (χ0n) is 11.0. The number of fused-ring (bicyclic) bond motifs is 1. The molecule has 1 N–H and O–H groups in total. The van der Waals surface area contributed by atoms with Crippen molar-refractivity contribution >= 4 is 15.8 Å². The highest BCUT2D eigenvalue weighted by Gasteiger charge is 2.35. The second-order valence-corrected chi connectivity index (χ2v) is 7.88. The number of carboxylic acid groups (broad SMARTS) is 1. The molecule has 3 rings (SSSR count). The molecular formula is C12H17N3O4S. The van der Waals surface area contributed by atoms with E-state index in [0.717, 1.165) is 6.42 Å². The predicted octanol–water partition coefficient (Wildman–Crippen LogP) is 0.360. The van der Waals surface area contributed by atoms with Crippen LogP contribution in [-0.2, 0) is 27.5 Å². The summed E-state index contributed by atoms with van der Waals surface area (Å²) >= 11 is 0. The molecule has 0 aliphatic carbocycles. The molecule has 2 atom stereocenters. The Kier molecular flexibility index (Phi) is 3.27. The number of rotatable bonds is 3. The summed E-state index contributed by atoms with van der Waals surface area (Å²) in [5, 5.41) is 16.9. The maximum atomic E-state index is 11.9. The Morgan fingerprint density at radius 3 is 2.75 bits per heavy atom. The summed E-state index contributed by atoms with van der Waals surface area (Å²) in [6, 6.07) is -0.659. The highest BCUT2D eigenvalue weighted by Crippen LogP contribution is 2.29. The van der Waals surface area contributed by atoms with E-state index in [2.05, 4.69) is 10.2 Å². The predicted molar refractivity (Wildman–Crippen MR) is 70.1 cm³/mol. The second kappa shape index (κ2) is 4.83. The van der Waals surface area contributed by atoms with Crippen LogP contribution in [0.15, 0.2) is 0 Å². The summed E-state index contributed by atoms with van der Waals surface area (Å²) in [5.74, 6) is 0.485. The summed E-state index contributed by atoms with van der Waals surface area (Å²) in [6.45, 7) is 0. The molecule has 0 bridgehead atoms. The molecule has 20 heavy (non-hydrogen) atoms. The van der Waals surface area contributed by atoms with Crippen LogP contribution in [0.3, 0.4) is 0 Å². The van der Waals surface area contributed by atoms with Gasteiger partial charge in [-0.1, -0.05) is 0 Å². The van der Waals surface area contributed by atoms with Crippen LogP contribution in [0.1, 0.15) is 43.4 Å². The maximum Gasteiger partial charge on any atom is 0.326 e. The normalized spacial score (nSPS) is 28.2. The molecule has 2 aliphatic rings. The number of carbonyl (C=O) groups is 1. The smallest absolute Gasteiger partial charge is 0.326 e. The van der Waals surface area contributed by atoms with E-state index in [1.165, 1.54) is 0 Å². The number of aryl methyl sites for hydroxylation is 1. The second-order valence-electron chi connectivity index (χ2n) is 5.48. The molecule has 0 saturated carbocycles. The van der Waals surface area contributed by atoms with Crippen LogP contribution in [-0.4, -0.2) is 45.3 Å². The molecule has 1 saturated heterocycles. The summed E-state index contributed by atoms with van der Waals surface area (Å²) in [7, 11) is -3.06. The molecule has 2 unspecified atom stereocenters. The van der Waals surface area contributed by atoms with E-state index < -0.39 is 27.1 Å². The Hall–Kier alpha value is -1.44. The molecule has 1 aromatic rings. The molecule has 8 heteroatoms. The van der Waals surface area contributed by atoms with Crippen LogP contribution in [0.4, 0.5) is 0 Å². The fourth-order valence-corrected chi connectivity index (χ4v) is 4.97. The van der Waals surface area contributed by atoms with Gasteiger partial charge in [0.2, 0.25) is 0 Å². The molecule has 1 aromatic heterocycles. The fraction of sp³-hybridized carbons (Fsp3) is 0.750. The minimum absolute atomic E-state index is 0.223. The molecular weight excluding hydrogens is 282 g/mol. The lowest BCUT2D eigenvalue weighted by atomic mass is 10.0. The Labute approximate surface area is 116 Å². The van der Waals surface area contributed by atoms with Gasteiger partial charge in [0, 0.05) is 12.8 Å². The van der Waals surface area contributed by atoms with Gasteiger partial charge in [-0.25, -0.2) is 13.2 Å². The van der Waals surface area contributed by atoms with E-state index >= 15 is 0 Å². The van der Waals surface area contributed by atoms with Gasteiger partial charge in [0.05, 0.1) is 11.0 Å². The van der Waals surface area contributed by atoms with E-state index in [1.54, 1.807) is 4.57 Å². The number of hydrogen-bond donors (Lipinski definition) is 1. The van der Waals surface area contributed by atoms with Crippen LogP contribution >= 0.6 is 0 Å². The summed E-state index contributed by atoms with van der Waals surface area (Å²) in [5.41, 5.74) is 0. The lowest BCUT2D eigenvalue weighted by Gasteiger charge is -2.23. The largest absolute Gasteiger partial charge is 0.480 e. The van der Waals surface area contributed by atoms with Gasteiger partial charge in [-0.2, -0.15) is 0 Å². The first-order chi connectivity index (χ1) is 9.49. The highest BCUT2D eigenvalue weighted by atomic mass is 32.2. The molecule has 7 nitrogen and oxygen atoms in total. The Morgan fingerprint density at radius 2 is 2.10 bits per heavy atom. The molecule has 2 aliphatic heterocycles. The number of carboxylic acids is 1. The monoisotopic (exact) mass is 299 g/mol. The number of sulfone groups is 1. The summed E-state index contributed by atoms with van der Waals surface area (Å²) in [6.07, 6.45) is 3.60. The van der Waals surface area contributed by atoms with Crippen molar-refractivity contribution in [2.45, 2.75) is 49.8 Å². The van der Waals surface area contributed by atoms with Gasteiger partial charge in [0.25, 0.3) is 0 Å². The lowest BCUT2D eigenvalue weighted by Crippen LogP contribution is -2.28. The third-order valence-electron chi connectivity index (χ3n) is 4.18. The number of aliphatic carboxylic acids is 1. The Bertz CT molecular complexity index is 637. The van der Waals surface area contributed by atoms with E-state index in [9.17, 15) is 18.3 Å². The summed E-state index contributed by atoms with van der Waals surface area (Å²) < 4.78 is 25.4. The van der Waals surface area contributed by atoms with Crippen LogP contribution in [0.5, 0.6) is 0 Å². The van der Waals surface area contributed by atoms with E-state index in [-0.39, 0.29) is 12.2 Å². The first-order valence-electron chi connectivity index (χ1n) is 6.86. The molecule has 0 radical (unpaired) electrons. The Balaban J connectivity index is 1.92. The van der Waals surface area contributed by atoms with Gasteiger partial charge >= 0.3 is 5.97 Å². The van der Waals surface area contributed by atoms with Gasteiger partial charge < -0.3 is 9.67 Å². The third-order valence-corrected chi connectivity index (χ3v) is 6.46. The molecule has 0 amide bonds. The third kappa shape index (κ3) is 2.21. The average Bonchev–Trinajstić information content (AvgIpc) is 2.94. The highest BCUT2D eigenvalue weighted by molar-refractivity contribution is 7.92. The van der Waals surface area contributed by atoms with Gasteiger partial charge in [0.1, 0.15) is 17.7 Å². The van der Waals surface area contributed by atoms with Gasteiger partial charge in [-0.3, -0.25) is 0 Å². The zero-order chi connectivity index (χ0) is 14.3. The topological polar surface area (TPSA) is 102 Å². The van der Waals surface area contributed by atoms with E-state index in [4.69, 9.17) is 0 Å². The van der Waals surface area contributed by atoms with Crippen molar-refractivity contribution in [3.05, 3.63) is 11.6 Å². The zero-order valence-corrected chi connectivity index (χ0v) is 11.8. The van der Waals surface area contributed by atoms with Crippen molar-refractivity contribution < 1.29 is 18.3 Å².